The van der Waals surface area contributed by atoms with E-state index in [1.54, 1.807) is 0 Å². The van der Waals surface area contributed by atoms with Crippen LogP contribution >= 0.6 is 11.8 Å². The molecule has 0 aromatic carbocycles. The molecule has 7 nitrogen and oxygen atoms in total. The number of carboxylic acid groups (broad SMARTS) is 1. The second-order valence-corrected chi connectivity index (χ2v) is 10.8. The molecule has 1 atom stereocenters. The van der Waals surface area contributed by atoms with Crippen LogP contribution < -0.4 is 0 Å². The van der Waals surface area contributed by atoms with Crippen LogP contribution in [0, 0.1) is 0 Å². The number of carbonyl (C=O) groups is 1. The molecular formula is C17H34N4O3S. The van der Waals surface area contributed by atoms with Crippen molar-refractivity contribution in [3.8, 4) is 0 Å². The predicted octanol–water partition coefficient (Wildman–Crippen LogP) is 5.80. The van der Waals surface area contributed by atoms with Gasteiger partial charge in [-0.3, -0.25) is 0 Å². The van der Waals surface area contributed by atoms with E-state index < -0.39 is 16.6 Å². The Morgan fingerprint density at radius 2 is 1.32 bits per heavy atom. The van der Waals surface area contributed by atoms with Crippen molar-refractivity contribution in [2.45, 2.75) is 96.0 Å². The molecule has 0 saturated carbocycles. The van der Waals surface area contributed by atoms with E-state index in [0.29, 0.717) is 0 Å². The number of nitrogens with zero attached hydrogens (tertiary/aromatic N) is 4. The van der Waals surface area contributed by atoms with Gasteiger partial charge in [-0.25, -0.2) is 4.79 Å². The van der Waals surface area contributed by atoms with Gasteiger partial charge in [0.15, 0.2) is 0 Å². The van der Waals surface area contributed by atoms with Crippen LogP contribution in [0.5, 0.6) is 0 Å². The molecule has 0 amide bonds. The number of ether oxygens (including phenoxy) is 1. The summed E-state index contributed by atoms with van der Waals surface area (Å²) < 4.78 is 4.84. The van der Waals surface area contributed by atoms with Crippen molar-refractivity contribution in [3.63, 3.8) is 0 Å². The lowest BCUT2D eigenvalue weighted by atomic mass is 10.0. The van der Waals surface area contributed by atoms with Crippen LogP contribution in [0.3, 0.4) is 0 Å². The number of thioether (sulfide) groups is 1. The maximum atomic E-state index is 10.8. The maximum Gasteiger partial charge on any atom is 0.505 e. The average molecular weight is 375 g/mol. The van der Waals surface area contributed by atoms with Crippen LogP contribution in [-0.2, 0) is 4.74 Å². The summed E-state index contributed by atoms with van der Waals surface area (Å²) in [6, 6.07) is 0. The van der Waals surface area contributed by atoms with E-state index in [1.165, 1.54) is 11.8 Å². The van der Waals surface area contributed by atoms with Crippen LogP contribution in [-0.4, -0.2) is 44.6 Å². The molecule has 146 valence electrons. The van der Waals surface area contributed by atoms with E-state index in [0.717, 1.165) is 0 Å². The van der Waals surface area contributed by atoms with Gasteiger partial charge in [0.25, 0.3) is 0 Å². The molecule has 0 aliphatic heterocycles. The third-order valence-electron chi connectivity index (χ3n) is 2.78. The molecule has 8 heteroatoms. The lowest BCUT2D eigenvalue weighted by Crippen LogP contribution is -2.39. The molecule has 0 saturated heterocycles. The third kappa shape index (κ3) is 11.9. The number of hydrogen-bond acceptors (Lipinski definition) is 7. The van der Waals surface area contributed by atoms with Gasteiger partial charge in [-0.2, -0.15) is 20.5 Å². The Morgan fingerprint density at radius 3 is 1.72 bits per heavy atom. The Balaban J connectivity index is 5.44. The Bertz CT molecular complexity index is 503. The molecule has 25 heavy (non-hydrogen) atoms. The SMILES string of the molecule is CC(C)(C)N=NC(C)(C)SC(COC(=O)O)C(C)(C)N=NC(C)(C)C. The molecule has 0 spiro atoms. The van der Waals surface area contributed by atoms with Gasteiger partial charge in [-0.1, -0.05) is 0 Å². The van der Waals surface area contributed by atoms with E-state index in [-0.39, 0.29) is 22.9 Å². The van der Waals surface area contributed by atoms with Crippen molar-refractivity contribution in [2.75, 3.05) is 6.61 Å². The quantitative estimate of drug-likeness (QED) is 0.450. The largest absolute Gasteiger partial charge is 0.505 e. The van der Waals surface area contributed by atoms with Gasteiger partial charge in [-0.05, 0) is 69.2 Å². The molecule has 0 fully saturated rings. The molecule has 0 aromatic heterocycles. The zero-order valence-corrected chi connectivity index (χ0v) is 18.1. The summed E-state index contributed by atoms with van der Waals surface area (Å²) in [6.07, 6.45) is -1.30. The van der Waals surface area contributed by atoms with Crippen LogP contribution in [0.15, 0.2) is 20.5 Å². The van der Waals surface area contributed by atoms with Crippen molar-refractivity contribution in [1.82, 2.24) is 0 Å². The molecule has 0 aliphatic carbocycles. The lowest BCUT2D eigenvalue weighted by molar-refractivity contribution is 0.0873. The molecule has 0 heterocycles. The van der Waals surface area contributed by atoms with Crippen LogP contribution in [0.1, 0.15) is 69.2 Å². The highest BCUT2D eigenvalue weighted by Crippen LogP contribution is 2.38. The van der Waals surface area contributed by atoms with E-state index >= 15 is 0 Å². The zero-order chi connectivity index (χ0) is 20.1. The first kappa shape index (κ1) is 23.8. The Hall–Kier alpha value is -1.18. The Labute approximate surface area is 156 Å². The fraction of sp³-hybridized carbons (Fsp3) is 0.941. The Morgan fingerprint density at radius 1 is 0.880 bits per heavy atom. The zero-order valence-electron chi connectivity index (χ0n) is 17.2. The second-order valence-electron chi connectivity index (χ2n) is 9.03. The summed E-state index contributed by atoms with van der Waals surface area (Å²) in [5.41, 5.74) is -1.20. The van der Waals surface area contributed by atoms with Crippen molar-refractivity contribution < 1.29 is 14.6 Å². The first-order valence-corrected chi connectivity index (χ1v) is 9.23. The smallest absolute Gasteiger partial charge is 0.450 e. The molecule has 0 aromatic rings. The van der Waals surface area contributed by atoms with Crippen molar-refractivity contribution in [3.05, 3.63) is 0 Å². The molecule has 1 unspecified atom stereocenters. The molecule has 0 rings (SSSR count). The van der Waals surface area contributed by atoms with Crippen LogP contribution in [0.2, 0.25) is 0 Å². The van der Waals surface area contributed by atoms with Crippen molar-refractivity contribution in [2.24, 2.45) is 20.5 Å². The fourth-order valence-corrected chi connectivity index (χ4v) is 2.77. The maximum absolute atomic E-state index is 10.8. The predicted molar refractivity (Wildman–Crippen MR) is 103 cm³/mol. The lowest BCUT2D eigenvalue weighted by Gasteiger charge is -2.33. The van der Waals surface area contributed by atoms with E-state index in [9.17, 15) is 4.79 Å². The van der Waals surface area contributed by atoms with Gasteiger partial charge in [0, 0.05) is 0 Å². The third-order valence-corrected chi connectivity index (χ3v) is 4.43. The summed E-state index contributed by atoms with van der Waals surface area (Å²) in [4.78, 5) is 10.3. The topological polar surface area (TPSA) is 96.0 Å². The highest BCUT2D eigenvalue weighted by atomic mass is 32.2. The minimum Gasteiger partial charge on any atom is -0.450 e. The number of rotatable bonds is 7. The summed E-state index contributed by atoms with van der Waals surface area (Å²) in [5, 5.41) is 26.2. The summed E-state index contributed by atoms with van der Waals surface area (Å²) in [5.74, 6) is 0. The fourth-order valence-electron chi connectivity index (χ4n) is 1.51. The first-order chi connectivity index (χ1) is 10.9. The molecule has 1 N–H and O–H groups in total. The van der Waals surface area contributed by atoms with Gasteiger partial charge < -0.3 is 9.84 Å². The normalized spacial score (nSPS) is 15.8. The van der Waals surface area contributed by atoms with Gasteiger partial charge >= 0.3 is 6.16 Å². The minimum absolute atomic E-state index is 0.00459. The van der Waals surface area contributed by atoms with E-state index in [2.05, 4.69) is 20.5 Å². The molecular weight excluding hydrogens is 340 g/mol. The van der Waals surface area contributed by atoms with Gasteiger partial charge in [0.2, 0.25) is 0 Å². The summed E-state index contributed by atoms with van der Waals surface area (Å²) >= 11 is 1.48. The van der Waals surface area contributed by atoms with Crippen molar-refractivity contribution in [1.29, 1.82) is 0 Å². The van der Waals surface area contributed by atoms with Crippen molar-refractivity contribution >= 4 is 17.9 Å². The number of hydrogen-bond donors (Lipinski definition) is 1. The minimum atomic E-state index is -1.30. The first-order valence-electron chi connectivity index (χ1n) is 8.35. The molecule has 0 radical (unpaired) electrons. The van der Waals surface area contributed by atoms with Crippen LogP contribution in [0.25, 0.3) is 0 Å². The van der Waals surface area contributed by atoms with E-state index in [1.807, 2.05) is 69.2 Å². The second kappa shape index (κ2) is 8.47. The molecule has 0 bridgehead atoms. The standard InChI is InChI=1S/C17H34N4O3S/c1-14(2,3)18-20-16(7,8)12(11-24-13(22)23)25-17(9,10)21-19-15(4,5)6/h12H,11H2,1-10H3,(H,22,23). The van der Waals surface area contributed by atoms with Crippen LogP contribution in [0.4, 0.5) is 4.79 Å². The highest BCUT2D eigenvalue weighted by Gasteiger charge is 2.37. The van der Waals surface area contributed by atoms with Gasteiger partial charge in [-0.15, -0.1) is 11.8 Å². The summed E-state index contributed by atoms with van der Waals surface area (Å²) in [7, 11) is 0. The monoisotopic (exact) mass is 374 g/mol. The molecule has 0 aliphatic rings. The highest BCUT2D eigenvalue weighted by molar-refractivity contribution is 8.01. The number of azo groups is 2. The van der Waals surface area contributed by atoms with Gasteiger partial charge in [0.1, 0.15) is 11.5 Å². The summed E-state index contributed by atoms with van der Waals surface area (Å²) in [6.45, 7) is 19.5. The average Bonchev–Trinajstić information content (AvgIpc) is 2.37. The Kier molecular flexibility index (Phi) is 8.07. The van der Waals surface area contributed by atoms with Gasteiger partial charge in [0.05, 0.1) is 21.9 Å². The van der Waals surface area contributed by atoms with E-state index in [4.69, 9.17) is 9.84 Å².